The minimum absolute atomic E-state index is 0.358. The van der Waals surface area contributed by atoms with Gasteiger partial charge in [0.25, 0.3) is 0 Å². The highest BCUT2D eigenvalue weighted by atomic mass is 16.5. The van der Waals surface area contributed by atoms with E-state index < -0.39 is 0 Å². The molecule has 0 N–H and O–H groups in total. The lowest BCUT2D eigenvalue weighted by atomic mass is 9.71. The van der Waals surface area contributed by atoms with E-state index in [9.17, 15) is 0 Å². The molecule has 0 saturated carbocycles. The van der Waals surface area contributed by atoms with E-state index in [4.69, 9.17) is 18.9 Å². The molecule has 0 aliphatic carbocycles. The van der Waals surface area contributed by atoms with Gasteiger partial charge in [0.15, 0.2) is 0 Å². The van der Waals surface area contributed by atoms with Gasteiger partial charge in [0, 0.05) is 17.3 Å². The Morgan fingerprint density at radius 3 is 0.925 bits per heavy atom. The number of ether oxygens (including phenoxy) is 4. The van der Waals surface area contributed by atoms with E-state index in [1.54, 1.807) is 12.2 Å². The molecular weight excluding hydrogens is 653 g/mol. The molecule has 6 aromatic carbocycles. The van der Waals surface area contributed by atoms with Crippen LogP contribution in [0.4, 0.5) is 0 Å². The van der Waals surface area contributed by atoms with Gasteiger partial charge in [0.2, 0.25) is 0 Å². The van der Waals surface area contributed by atoms with Crippen LogP contribution in [-0.2, 0) is 10.8 Å². The first-order valence-electron chi connectivity index (χ1n) is 18.2. The van der Waals surface area contributed by atoms with E-state index in [0.717, 1.165) is 29.4 Å². The van der Waals surface area contributed by atoms with Crippen molar-refractivity contribution in [3.05, 3.63) is 216 Å². The van der Waals surface area contributed by atoms with E-state index in [2.05, 4.69) is 160 Å². The van der Waals surface area contributed by atoms with Crippen molar-refractivity contribution in [2.45, 2.75) is 31.1 Å². The van der Waals surface area contributed by atoms with Gasteiger partial charge in [-0.2, -0.15) is 0 Å². The zero-order valence-electron chi connectivity index (χ0n) is 30.7. The smallest absolute Gasteiger partial charge is 0.119 e. The van der Waals surface area contributed by atoms with Crippen molar-refractivity contribution in [2.75, 3.05) is 26.4 Å². The van der Waals surface area contributed by atoms with Crippen LogP contribution in [0.2, 0.25) is 0 Å². The summed E-state index contributed by atoms with van der Waals surface area (Å²) in [5.74, 6) is 3.32. The average molecular weight is 701 g/mol. The normalized spacial score (nSPS) is 13.2. The Hall–Kier alpha value is -6.00. The molecule has 0 spiro atoms. The van der Waals surface area contributed by atoms with Gasteiger partial charge in [-0.05, 0) is 95.8 Å². The second-order valence-corrected chi connectivity index (χ2v) is 13.3. The third-order valence-electron chi connectivity index (χ3n) is 9.99. The topological polar surface area (TPSA) is 36.9 Å². The van der Waals surface area contributed by atoms with E-state index >= 15 is 0 Å². The molecule has 0 bridgehead atoms. The standard InChI is InChI=1S/C49H48O4/c1-5-34-50-44-26-18-40(19-27-44)48(3,38-14-9-7-10-15-38)42-22-30-46(31-23-42)52-36-13-37-53-47-32-24-43(25-33-47)49(4,39-16-11-8-12-17-39)41-20-28-45(29-21-41)51-35-6-2/h5-12,14-33H,1-2,13,34-37H2,3-4H3. The first-order chi connectivity index (χ1) is 25.9. The SMILES string of the molecule is C=CCOc1ccc(C(C)(c2ccccc2)c2ccc(OCCCOc3ccc(C(C)(c4ccccc4)c4ccc(OCC=C)cc4)cc3)cc2)cc1. The summed E-state index contributed by atoms with van der Waals surface area (Å²) in [5.41, 5.74) is 6.44. The maximum Gasteiger partial charge on any atom is 0.119 e. The lowest BCUT2D eigenvalue weighted by molar-refractivity contribution is 0.247. The molecule has 0 aliphatic heterocycles. The van der Waals surface area contributed by atoms with Crippen molar-refractivity contribution < 1.29 is 18.9 Å². The maximum absolute atomic E-state index is 6.15. The molecule has 0 aromatic heterocycles. The Labute approximate surface area is 315 Å². The van der Waals surface area contributed by atoms with Crippen LogP contribution in [0.5, 0.6) is 23.0 Å². The molecule has 2 unspecified atom stereocenters. The third-order valence-corrected chi connectivity index (χ3v) is 9.99. The lowest BCUT2D eigenvalue weighted by Crippen LogP contribution is -2.25. The van der Waals surface area contributed by atoms with Crippen LogP contribution in [0, 0.1) is 0 Å². The Morgan fingerprint density at radius 1 is 0.377 bits per heavy atom. The van der Waals surface area contributed by atoms with Gasteiger partial charge in [-0.3, -0.25) is 0 Å². The summed E-state index contributed by atoms with van der Waals surface area (Å²) in [4.78, 5) is 0. The Bertz CT molecular complexity index is 1870. The Morgan fingerprint density at radius 2 is 0.642 bits per heavy atom. The highest BCUT2D eigenvalue weighted by Gasteiger charge is 2.32. The third kappa shape index (κ3) is 8.56. The van der Waals surface area contributed by atoms with Gasteiger partial charge in [-0.25, -0.2) is 0 Å². The zero-order valence-corrected chi connectivity index (χ0v) is 30.7. The fourth-order valence-electron chi connectivity index (χ4n) is 6.83. The molecule has 0 radical (unpaired) electrons. The van der Waals surface area contributed by atoms with Crippen molar-refractivity contribution in [3.8, 4) is 23.0 Å². The molecular formula is C49H48O4. The van der Waals surface area contributed by atoms with Gasteiger partial charge in [-0.15, -0.1) is 0 Å². The molecule has 6 rings (SSSR count). The molecule has 268 valence electrons. The summed E-state index contributed by atoms with van der Waals surface area (Å²) in [5, 5.41) is 0. The van der Waals surface area contributed by atoms with Gasteiger partial charge in [0.05, 0.1) is 13.2 Å². The second kappa shape index (κ2) is 17.5. The van der Waals surface area contributed by atoms with Crippen LogP contribution in [0.1, 0.15) is 53.6 Å². The van der Waals surface area contributed by atoms with Crippen LogP contribution in [-0.4, -0.2) is 26.4 Å². The van der Waals surface area contributed by atoms with E-state index in [1.165, 1.54) is 33.4 Å². The molecule has 4 nitrogen and oxygen atoms in total. The predicted octanol–water partition coefficient (Wildman–Crippen LogP) is 11.4. The van der Waals surface area contributed by atoms with Crippen molar-refractivity contribution in [1.29, 1.82) is 0 Å². The summed E-state index contributed by atoms with van der Waals surface area (Å²) < 4.78 is 23.8. The molecule has 0 saturated heterocycles. The van der Waals surface area contributed by atoms with Crippen LogP contribution in [0.15, 0.2) is 183 Å². The van der Waals surface area contributed by atoms with Crippen molar-refractivity contribution in [2.24, 2.45) is 0 Å². The molecule has 0 aliphatic rings. The van der Waals surface area contributed by atoms with E-state index in [0.29, 0.717) is 26.4 Å². The predicted molar refractivity (Wildman–Crippen MR) is 217 cm³/mol. The summed E-state index contributed by atoms with van der Waals surface area (Å²) in [7, 11) is 0. The molecule has 2 atom stereocenters. The van der Waals surface area contributed by atoms with Gasteiger partial charge in [-0.1, -0.05) is 135 Å². The van der Waals surface area contributed by atoms with Crippen LogP contribution < -0.4 is 18.9 Å². The van der Waals surface area contributed by atoms with E-state index in [-0.39, 0.29) is 10.8 Å². The highest BCUT2D eigenvalue weighted by molar-refractivity contribution is 5.53. The fraction of sp³-hybridized carbons (Fsp3) is 0.184. The zero-order chi connectivity index (χ0) is 36.9. The Kier molecular flexibility index (Phi) is 12.1. The molecule has 0 heterocycles. The number of benzene rings is 6. The molecule has 6 aromatic rings. The number of hydrogen-bond donors (Lipinski definition) is 0. The molecule has 0 amide bonds. The minimum Gasteiger partial charge on any atom is -0.493 e. The number of hydrogen-bond acceptors (Lipinski definition) is 4. The molecule has 4 heteroatoms. The van der Waals surface area contributed by atoms with Gasteiger partial charge >= 0.3 is 0 Å². The summed E-state index contributed by atoms with van der Waals surface area (Å²) >= 11 is 0. The first kappa shape index (κ1) is 36.8. The minimum atomic E-state index is -0.358. The van der Waals surface area contributed by atoms with Crippen molar-refractivity contribution >= 4 is 0 Å². The van der Waals surface area contributed by atoms with Crippen molar-refractivity contribution in [3.63, 3.8) is 0 Å². The maximum atomic E-state index is 6.15. The van der Waals surface area contributed by atoms with E-state index in [1.807, 2.05) is 24.3 Å². The first-order valence-corrected chi connectivity index (χ1v) is 18.2. The van der Waals surface area contributed by atoms with Gasteiger partial charge < -0.3 is 18.9 Å². The molecule has 0 fully saturated rings. The average Bonchev–Trinajstić information content (AvgIpc) is 3.23. The quantitative estimate of drug-likeness (QED) is 0.0508. The van der Waals surface area contributed by atoms with Crippen LogP contribution >= 0.6 is 0 Å². The van der Waals surface area contributed by atoms with Crippen molar-refractivity contribution in [1.82, 2.24) is 0 Å². The summed E-state index contributed by atoms with van der Waals surface area (Å²) in [6, 6.07) is 54.8. The van der Waals surface area contributed by atoms with Gasteiger partial charge in [0.1, 0.15) is 36.2 Å². The summed E-state index contributed by atoms with van der Waals surface area (Å²) in [6.45, 7) is 14.1. The Balaban J connectivity index is 1.07. The van der Waals surface area contributed by atoms with Crippen LogP contribution in [0.25, 0.3) is 0 Å². The van der Waals surface area contributed by atoms with Crippen LogP contribution in [0.3, 0.4) is 0 Å². The summed E-state index contributed by atoms with van der Waals surface area (Å²) in [6.07, 6.45) is 4.26. The fourth-order valence-corrected chi connectivity index (χ4v) is 6.83. The monoisotopic (exact) mass is 700 g/mol. The molecule has 53 heavy (non-hydrogen) atoms. The number of rotatable bonds is 18. The highest BCUT2D eigenvalue weighted by Crippen LogP contribution is 2.41. The lowest BCUT2D eigenvalue weighted by Gasteiger charge is -2.32. The second-order valence-electron chi connectivity index (χ2n) is 13.3. The largest absolute Gasteiger partial charge is 0.493 e.